The molecule has 0 fully saturated rings. The average Bonchev–Trinajstić information content (AvgIpc) is 2.42. The molecule has 1 rings (SSSR count). The second-order valence-electron chi connectivity index (χ2n) is 4.75. The van der Waals surface area contributed by atoms with Gasteiger partial charge in [-0.05, 0) is 30.8 Å². The number of nitrogens with two attached hydrogens (primary N) is 1. The van der Waals surface area contributed by atoms with Gasteiger partial charge in [-0.1, -0.05) is 32.9 Å². The maximum atomic E-state index is 5.82. The van der Waals surface area contributed by atoms with Crippen LogP contribution in [0.15, 0.2) is 24.3 Å². The Balaban J connectivity index is 2.39. The van der Waals surface area contributed by atoms with Crippen molar-refractivity contribution in [3.05, 3.63) is 29.8 Å². The average molecular weight is 250 g/mol. The summed E-state index contributed by atoms with van der Waals surface area (Å²) < 4.78 is 5.82. The van der Waals surface area contributed by atoms with Crippen molar-refractivity contribution in [2.24, 2.45) is 11.7 Å². The van der Waals surface area contributed by atoms with Crippen LogP contribution < -0.4 is 10.5 Å². The highest BCUT2D eigenvalue weighted by Crippen LogP contribution is 2.14. The zero-order chi connectivity index (χ0) is 13.4. The third-order valence-corrected chi connectivity index (χ3v) is 3.13. The molecule has 0 radical (unpaired) electrons. The summed E-state index contributed by atoms with van der Waals surface area (Å²) in [5.74, 6) is 1.45. The second-order valence-corrected chi connectivity index (χ2v) is 4.75. The molecule has 0 heterocycles. The molecule has 1 aromatic rings. The lowest BCUT2D eigenvalue weighted by atomic mass is 10.2. The van der Waals surface area contributed by atoms with Gasteiger partial charge in [0.1, 0.15) is 5.75 Å². The summed E-state index contributed by atoms with van der Waals surface area (Å²) in [7, 11) is 0. The number of ether oxygens (including phenoxy) is 1. The standard InChI is InChI=1S/C15H26N2O/c1-4-17(5-2)11-13(3)12-18-15-8-6-7-14(9-15)10-16/h6-9,13H,4-5,10-12,16H2,1-3H3. The van der Waals surface area contributed by atoms with Gasteiger partial charge in [0.05, 0.1) is 6.61 Å². The Morgan fingerprint density at radius 3 is 2.61 bits per heavy atom. The Morgan fingerprint density at radius 1 is 1.28 bits per heavy atom. The van der Waals surface area contributed by atoms with Crippen molar-refractivity contribution in [2.45, 2.75) is 27.3 Å². The lowest BCUT2D eigenvalue weighted by Crippen LogP contribution is -2.30. The first-order valence-electron chi connectivity index (χ1n) is 6.83. The maximum Gasteiger partial charge on any atom is 0.119 e. The van der Waals surface area contributed by atoms with E-state index in [1.807, 2.05) is 24.3 Å². The highest BCUT2D eigenvalue weighted by Gasteiger charge is 2.08. The van der Waals surface area contributed by atoms with Crippen molar-refractivity contribution in [3.63, 3.8) is 0 Å². The van der Waals surface area contributed by atoms with E-state index in [4.69, 9.17) is 10.5 Å². The third-order valence-electron chi connectivity index (χ3n) is 3.13. The molecule has 1 atom stereocenters. The van der Waals surface area contributed by atoms with E-state index in [1.165, 1.54) is 0 Å². The van der Waals surface area contributed by atoms with Gasteiger partial charge in [0.15, 0.2) is 0 Å². The first-order valence-corrected chi connectivity index (χ1v) is 6.83. The van der Waals surface area contributed by atoms with E-state index in [1.54, 1.807) is 0 Å². The molecule has 2 N–H and O–H groups in total. The van der Waals surface area contributed by atoms with Crippen LogP contribution >= 0.6 is 0 Å². The summed E-state index contributed by atoms with van der Waals surface area (Å²) in [6.07, 6.45) is 0. The van der Waals surface area contributed by atoms with Crippen molar-refractivity contribution in [1.29, 1.82) is 0 Å². The van der Waals surface area contributed by atoms with Crippen molar-refractivity contribution in [1.82, 2.24) is 4.90 Å². The Labute approximate surface area is 111 Å². The molecule has 0 aliphatic heterocycles. The van der Waals surface area contributed by atoms with Crippen LogP contribution in [0.5, 0.6) is 5.75 Å². The minimum absolute atomic E-state index is 0.534. The van der Waals surface area contributed by atoms with Crippen LogP contribution in [0.2, 0.25) is 0 Å². The fraction of sp³-hybridized carbons (Fsp3) is 0.600. The van der Waals surface area contributed by atoms with Crippen LogP contribution in [0.1, 0.15) is 26.3 Å². The lowest BCUT2D eigenvalue weighted by Gasteiger charge is -2.22. The van der Waals surface area contributed by atoms with E-state index in [0.717, 1.165) is 37.6 Å². The smallest absolute Gasteiger partial charge is 0.119 e. The van der Waals surface area contributed by atoms with Gasteiger partial charge in [0, 0.05) is 19.0 Å². The summed E-state index contributed by atoms with van der Waals surface area (Å²) in [4.78, 5) is 2.42. The summed E-state index contributed by atoms with van der Waals surface area (Å²) in [6, 6.07) is 8.02. The Hall–Kier alpha value is -1.06. The fourth-order valence-corrected chi connectivity index (χ4v) is 1.98. The van der Waals surface area contributed by atoms with E-state index < -0.39 is 0 Å². The fourth-order valence-electron chi connectivity index (χ4n) is 1.98. The molecule has 0 saturated carbocycles. The molecule has 0 spiro atoms. The topological polar surface area (TPSA) is 38.5 Å². The predicted molar refractivity (Wildman–Crippen MR) is 76.8 cm³/mol. The summed E-state index contributed by atoms with van der Waals surface area (Å²) >= 11 is 0. The van der Waals surface area contributed by atoms with Crippen molar-refractivity contribution >= 4 is 0 Å². The predicted octanol–water partition coefficient (Wildman–Crippen LogP) is 2.50. The Kier molecular flexibility index (Phi) is 6.76. The van der Waals surface area contributed by atoms with Gasteiger partial charge in [-0.3, -0.25) is 0 Å². The highest BCUT2D eigenvalue weighted by atomic mass is 16.5. The van der Waals surface area contributed by atoms with Crippen LogP contribution in [-0.4, -0.2) is 31.1 Å². The van der Waals surface area contributed by atoms with E-state index >= 15 is 0 Å². The SMILES string of the molecule is CCN(CC)CC(C)COc1cccc(CN)c1. The van der Waals surface area contributed by atoms with Gasteiger partial charge < -0.3 is 15.4 Å². The minimum Gasteiger partial charge on any atom is -0.493 e. The lowest BCUT2D eigenvalue weighted by molar-refractivity contribution is 0.195. The van der Waals surface area contributed by atoms with E-state index in [2.05, 4.69) is 25.7 Å². The molecule has 0 aliphatic rings. The number of benzene rings is 1. The van der Waals surface area contributed by atoms with E-state index in [-0.39, 0.29) is 0 Å². The quantitative estimate of drug-likeness (QED) is 0.770. The van der Waals surface area contributed by atoms with Gasteiger partial charge in [-0.25, -0.2) is 0 Å². The molecule has 1 unspecified atom stereocenters. The molecule has 18 heavy (non-hydrogen) atoms. The highest BCUT2D eigenvalue weighted by molar-refractivity contribution is 5.28. The van der Waals surface area contributed by atoms with Gasteiger partial charge >= 0.3 is 0 Å². The first-order chi connectivity index (χ1) is 8.69. The van der Waals surface area contributed by atoms with Crippen LogP contribution in [0, 0.1) is 5.92 Å². The number of hydrogen-bond acceptors (Lipinski definition) is 3. The maximum absolute atomic E-state index is 5.82. The molecule has 0 aliphatic carbocycles. The van der Waals surface area contributed by atoms with Crippen molar-refractivity contribution < 1.29 is 4.74 Å². The minimum atomic E-state index is 0.534. The van der Waals surface area contributed by atoms with Crippen molar-refractivity contribution in [2.75, 3.05) is 26.2 Å². The van der Waals surface area contributed by atoms with Crippen molar-refractivity contribution in [3.8, 4) is 5.75 Å². The zero-order valence-corrected chi connectivity index (χ0v) is 11.9. The molecule has 0 bridgehead atoms. The number of nitrogens with zero attached hydrogens (tertiary/aromatic N) is 1. The van der Waals surface area contributed by atoms with Crippen LogP contribution in [0.25, 0.3) is 0 Å². The molecule has 0 aromatic heterocycles. The molecule has 0 saturated heterocycles. The molecular formula is C15H26N2O. The summed E-state index contributed by atoms with van der Waals surface area (Å²) in [5, 5.41) is 0. The third kappa shape index (κ3) is 5.07. The van der Waals surface area contributed by atoms with Gasteiger partial charge in [0.25, 0.3) is 0 Å². The van der Waals surface area contributed by atoms with Crippen LogP contribution in [-0.2, 0) is 6.54 Å². The Morgan fingerprint density at radius 2 is 2.00 bits per heavy atom. The molecule has 0 amide bonds. The summed E-state index contributed by atoms with van der Waals surface area (Å²) in [5.41, 5.74) is 6.73. The monoisotopic (exact) mass is 250 g/mol. The van der Waals surface area contributed by atoms with Crippen LogP contribution in [0.3, 0.4) is 0 Å². The molecule has 3 heteroatoms. The normalized spacial score (nSPS) is 12.7. The molecule has 3 nitrogen and oxygen atoms in total. The summed E-state index contributed by atoms with van der Waals surface area (Å²) in [6.45, 7) is 11.2. The van der Waals surface area contributed by atoms with E-state index in [0.29, 0.717) is 12.5 Å². The molecule has 102 valence electrons. The van der Waals surface area contributed by atoms with Gasteiger partial charge in [0.2, 0.25) is 0 Å². The zero-order valence-electron chi connectivity index (χ0n) is 11.9. The molecule has 1 aromatic carbocycles. The van der Waals surface area contributed by atoms with Crippen LogP contribution in [0.4, 0.5) is 0 Å². The van der Waals surface area contributed by atoms with E-state index in [9.17, 15) is 0 Å². The van der Waals surface area contributed by atoms with Gasteiger partial charge in [-0.15, -0.1) is 0 Å². The largest absolute Gasteiger partial charge is 0.493 e. The number of hydrogen-bond donors (Lipinski definition) is 1. The first kappa shape index (κ1) is 15.0. The molecular weight excluding hydrogens is 224 g/mol. The Bertz CT molecular complexity index is 337. The number of rotatable bonds is 8. The second kappa shape index (κ2) is 8.11. The van der Waals surface area contributed by atoms with Gasteiger partial charge in [-0.2, -0.15) is 0 Å².